The third-order valence-corrected chi connectivity index (χ3v) is 2.82. The lowest BCUT2D eigenvalue weighted by Crippen LogP contribution is -2.51. The molecule has 106 valence electrons. The summed E-state index contributed by atoms with van der Waals surface area (Å²) in [4.78, 5) is 24.9. The van der Waals surface area contributed by atoms with Crippen LogP contribution in [0.2, 0.25) is 0 Å². The van der Waals surface area contributed by atoms with Crippen molar-refractivity contribution >= 4 is 11.9 Å². The SMILES string of the molecule is CCN(CC)CC(C)NC(C)C(=O)NC(=O)NC. The van der Waals surface area contributed by atoms with E-state index in [-0.39, 0.29) is 11.9 Å². The molecule has 0 radical (unpaired) electrons. The van der Waals surface area contributed by atoms with Crippen LogP contribution in [0.4, 0.5) is 4.79 Å². The van der Waals surface area contributed by atoms with E-state index < -0.39 is 12.1 Å². The maximum atomic E-state index is 11.6. The Morgan fingerprint density at radius 1 is 1.17 bits per heavy atom. The monoisotopic (exact) mass is 258 g/mol. The van der Waals surface area contributed by atoms with Crippen molar-refractivity contribution in [3.63, 3.8) is 0 Å². The summed E-state index contributed by atoms with van der Waals surface area (Å²) in [5.41, 5.74) is 0. The van der Waals surface area contributed by atoms with Crippen molar-refractivity contribution in [1.29, 1.82) is 0 Å². The lowest BCUT2D eigenvalue weighted by molar-refractivity contribution is -0.121. The molecule has 3 amide bonds. The largest absolute Gasteiger partial charge is 0.341 e. The van der Waals surface area contributed by atoms with Crippen molar-refractivity contribution in [1.82, 2.24) is 20.9 Å². The molecule has 0 bridgehead atoms. The number of urea groups is 1. The van der Waals surface area contributed by atoms with Crippen molar-refractivity contribution < 1.29 is 9.59 Å². The van der Waals surface area contributed by atoms with E-state index in [2.05, 4.69) is 34.7 Å². The molecule has 0 aromatic carbocycles. The first-order chi connectivity index (χ1) is 8.44. The number of rotatable bonds is 7. The minimum Gasteiger partial charge on any atom is -0.341 e. The van der Waals surface area contributed by atoms with Crippen molar-refractivity contribution in [2.24, 2.45) is 0 Å². The summed E-state index contributed by atoms with van der Waals surface area (Å²) in [6, 6.07) is -0.687. The van der Waals surface area contributed by atoms with E-state index in [4.69, 9.17) is 0 Å². The number of carbonyl (C=O) groups excluding carboxylic acids is 2. The fourth-order valence-corrected chi connectivity index (χ4v) is 1.71. The van der Waals surface area contributed by atoms with Gasteiger partial charge in [0.15, 0.2) is 0 Å². The van der Waals surface area contributed by atoms with Crippen molar-refractivity contribution in [3.05, 3.63) is 0 Å². The van der Waals surface area contributed by atoms with Gasteiger partial charge in [-0.3, -0.25) is 10.1 Å². The third kappa shape index (κ3) is 6.56. The standard InChI is InChI=1S/C12H26N4O2/c1-6-16(7-2)8-9(3)14-10(4)11(17)15-12(18)13-5/h9-10,14H,6-8H2,1-5H3,(H2,13,15,17,18). The Bertz CT molecular complexity index is 267. The average molecular weight is 258 g/mol. The van der Waals surface area contributed by atoms with Gasteiger partial charge in [-0.15, -0.1) is 0 Å². The second-order valence-electron chi connectivity index (χ2n) is 4.34. The van der Waals surface area contributed by atoms with Gasteiger partial charge in [-0.25, -0.2) is 4.79 Å². The zero-order valence-electron chi connectivity index (χ0n) is 12.0. The van der Waals surface area contributed by atoms with Crippen LogP contribution in [0.25, 0.3) is 0 Å². The van der Waals surface area contributed by atoms with Crippen LogP contribution in [0, 0.1) is 0 Å². The highest BCUT2D eigenvalue weighted by Crippen LogP contribution is 1.94. The summed E-state index contributed by atoms with van der Waals surface area (Å²) in [6.45, 7) is 10.8. The summed E-state index contributed by atoms with van der Waals surface area (Å²) < 4.78 is 0. The fraction of sp³-hybridized carbons (Fsp3) is 0.833. The molecule has 2 atom stereocenters. The minimum absolute atomic E-state index is 0.190. The lowest BCUT2D eigenvalue weighted by atomic mass is 10.2. The van der Waals surface area contributed by atoms with Gasteiger partial charge in [0.1, 0.15) is 0 Å². The highest BCUT2D eigenvalue weighted by Gasteiger charge is 2.17. The molecular weight excluding hydrogens is 232 g/mol. The Morgan fingerprint density at radius 3 is 2.17 bits per heavy atom. The molecule has 0 saturated heterocycles. The summed E-state index contributed by atoms with van der Waals surface area (Å²) in [6.07, 6.45) is 0. The van der Waals surface area contributed by atoms with Crippen molar-refractivity contribution in [3.8, 4) is 0 Å². The zero-order chi connectivity index (χ0) is 14.1. The van der Waals surface area contributed by atoms with Gasteiger partial charge in [-0.2, -0.15) is 0 Å². The molecule has 0 aromatic rings. The van der Waals surface area contributed by atoms with Gasteiger partial charge in [-0.1, -0.05) is 13.8 Å². The van der Waals surface area contributed by atoms with Gasteiger partial charge >= 0.3 is 6.03 Å². The molecule has 2 unspecified atom stereocenters. The minimum atomic E-state index is -0.481. The summed E-state index contributed by atoms with van der Waals surface area (Å²) >= 11 is 0. The lowest BCUT2D eigenvalue weighted by Gasteiger charge is -2.25. The zero-order valence-corrected chi connectivity index (χ0v) is 12.0. The number of likely N-dealkylation sites (N-methyl/N-ethyl adjacent to an activating group) is 1. The first-order valence-corrected chi connectivity index (χ1v) is 6.45. The van der Waals surface area contributed by atoms with Crippen LogP contribution < -0.4 is 16.0 Å². The molecule has 0 rings (SSSR count). The topological polar surface area (TPSA) is 73.5 Å². The van der Waals surface area contributed by atoms with Gasteiger partial charge < -0.3 is 15.5 Å². The molecule has 0 heterocycles. The average Bonchev–Trinajstić information content (AvgIpc) is 2.35. The molecular formula is C12H26N4O2. The van der Waals surface area contributed by atoms with Crippen LogP contribution in [0.15, 0.2) is 0 Å². The fourth-order valence-electron chi connectivity index (χ4n) is 1.71. The van der Waals surface area contributed by atoms with Gasteiger partial charge in [0.05, 0.1) is 6.04 Å². The van der Waals surface area contributed by atoms with E-state index in [9.17, 15) is 9.59 Å². The Labute approximate surface area is 109 Å². The van der Waals surface area contributed by atoms with Gasteiger partial charge in [0, 0.05) is 19.6 Å². The number of imide groups is 1. The van der Waals surface area contributed by atoms with E-state index >= 15 is 0 Å². The van der Waals surface area contributed by atoms with Crippen LogP contribution in [0.5, 0.6) is 0 Å². The number of hydrogen-bond donors (Lipinski definition) is 3. The van der Waals surface area contributed by atoms with Gasteiger partial charge in [0.2, 0.25) is 5.91 Å². The smallest absolute Gasteiger partial charge is 0.321 e. The Hall–Kier alpha value is -1.14. The van der Waals surface area contributed by atoms with Crippen LogP contribution in [-0.4, -0.2) is 55.6 Å². The number of amides is 3. The number of nitrogens with one attached hydrogen (secondary N) is 3. The van der Waals surface area contributed by atoms with Crippen molar-refractivity contribution in [2.45, 2.75) is 39.8 Å². The second-order valence-corrected chi connectivity index (χ2v) is 4.34. The molecule has 0 aliphatic heterocycles. The highest BCUT2D eigenvalue weighted by atomic mass is 16.2. The maximum absolute atomic E-state index is 11.6. The van der Waals surface area contributed by atoms with Crippen LogP contribution in [0.3, 0.4) is 0 Å². The van der Waals surface area contributed by atoms with E-state index in [0.717, 1.165) is 19.6 Å². The van der Waals surface area contributed by atoms with Crippen LogP contribution in [0.1, 0.15) is 27.7 Å². The molecule has 18 heavy (non-hydrogen) atoms. The summed E-state index contributed by atoms with van der Waals surface area (Å²) in [5.74, 6) is -0.319. The summed E-state index contributed by atoms with van der Waals surface area (Å²) in [7, 11) is 1.48. The van der Waals surface area contributed by atoms with Crippen LogP contribution >= 0.6 is 0 Å². The Balaban J connectivity index is 4.09. The predicted molar refractivity (Wildman–Crippen MR) is 72.4 cm³/mol. The Kier molecular flexibility index (Phi) is 8.32. The number of hydrogen-bond acceptors (Lipinski definition) is 4. The molecule has 0 fully saturated rings. The van der Waals surface area contributed by atoms with E-state index in [1.165, 1.54) is 7.05 Å². The number of nitrogens with zero attached hydrogens (tertiary/aromatic N) is 1. The molecule has 0 saturated carbocycles. The molecule has 6 heteroatoms. The first-order valence-electron chi connectivity index (χ1n) is 6.45. The van der Waals surface area contributed by atoms with Gasteiger partial charge in [0.25, 0.3) is 0 Å². The molecule has 6 nitrogen and oxygen atoms in total. The molecule has 0 aliphatic rings. The summed E-state index contributed by atoms with van der Waals surface area (Å²) in [5, 5.41) is 7.77. The van der Waals surface area contributed by atoms with Gasteiger partial charge in [-0.05, 0) is 26.9 Å². The van der Waals surface area contributed by atoms with E-state index in [1.54, 1.807) is 6.92 Å². The third-order valence-electron chi connectivity index (χ3n) is 2.82. The molecule has 0 aliphatic carbocycles. The molecule has 0 aromatic heterocycles. The first kappa shape index (κ1) is 16.9. The predicted octanol–water partition coefficient (Wildman–Crippen LogP) is 0.150. The Morgan fingerprint density at radius 2 is 1.72 bits per heavy atom. The normalized spacial score (nSPS) is 14.1. The van der Waals surface area contributed by atoms with Crippen LogP contribution in [-0.2, 0) is 4.79 Å². The quantitative estimate of drug-likeness (QED) is 0.608. The second kappa shape index (κ2) is 8.88. The highest BCUT2D eigenvalue weighted by molar-refractivity contribution is 5.96. The van der Waals surface area contributed by atoms with E-state index in [0.29, 0.717) is 0 Å². The molecule has 3 N–H and O–H groups in total. The maximum Gasteiger partial charge on any atom is 0.321 e. The number of carbonyl (C=O) groups is 2. The van der Waals surface area contributed by atoms with E-state index in [1.807, 2.05) is 6.92 Å². The molecule has 0 spiro atoms. The van der Waals surface area contributed by atoms with Crippen molar-refractivity contribution in [2.75, 3.05) is 26.7 Å².